The number of hydrogen-bond donors (Lipinski definition) is 4. The Labute approximate surface area is 155 Å². The molecule has 2 aromatic heterocycles. The van der Waals surface area contributed by atoms with E-state index in [1.54, 1.807) is 6.07 Å². The first-order valence-electron chi connectivity index (χ1n) is 7.25. The molecule has 0 bridgehead atoms. The number of anilines is 1. The summed E-state index contributed by atoms with van der Waals surface area (Å²) in [6.07, 6.45) is 2.37. The Morgan fingerprint density at radius 2 is 2.17 bits per heavy atom. The largest absolute Gasteiger partial charge is 0.367 e. The third kappa shape index (κ3) is 4.30. The van der Waals surface area contributed by atoms with E-state index < -0.39 is 0 Å². The van der Waals surface area contributed by atoms with Crippen LogP contribution in [0.2, 0.25) is 10.0 Å². The van der Waals surface area contributed by atoms with Crippen molar-refractivity contribution in [2.24, 2.45) is 0 Å². The molecule has 1 amide bonds. The van der Waals surface area contributed by atoms with Gasteiger partial charge in [-0.25, -0.2) is 4.98 Å². The third-order valence-corrected chi connectivity index (χ3v) is 4.03. The average molecular weight is 392 g/mol. The molecular formula is C14H17Cl3N6O. The van der Waals surface area contributed by atoms with E-state index in [9.17, 15) is 4.79 Å². The van der Waals surface area contributed by atoms with Crippen LogP contribution in [0, 0.1) is 0 Å². The second-order valence-corrected chi connectivity index (χ2v) is 5.97. The van der Waals surface area contributed by atoms with Gasteiger partial charge in [-0.15, -0.1) is 12.4 Å². The van der Waals surface area contributed by atoms with E-state index in [0.717, 1.165) is 24.2 Å². The summed E-state index contributed by atoms with van der Waals surface area (Å²) in [6.45, 7) is 2.48. The van der Waals surface area contributed by atoms with Crippen LogP contribution in [-0.4, -0.2) is 40.7 Å². The number of pyridine rings is 1. The third-order valence-electron chi connectivity index (χ3n) is 3.53. The number of hydrogen-bond acceptors (Lipinski definition) is 5. The van der Waals surface area contributed by atoms with E-state index in [2.05, 4.69) is 31.1 Å². The van der Waals surface area contributed by atoms with Gasteiger partial charge in [-0.2, -0.15) is 5.10 Å². The summed E-state index contributed by atoms with van der Waals surface area (Å²) >= 11 is 11.8. The predicted octanol–water partition coefficient (Wildman–Crippen LogP) is 2.02. The van der Waals surface area contributed by atoms with Gasteiger partial charge in [0.2, 0.25) is 0 Å². The molecule has 10 heteroatoms. The van der Waals surface area contributed by atoms with E-state index >= 15 is 0 Å². The number of aromatic nitrogens is 3. The number of fused-ring (bicyclic) bond motifs is 1. The van der Waals surface area contributed by atoms with Gasteiger partial charge in [0.15, 0.2) is 5.69 Å². The fourth-order valence-corrected chi connectivity index (χ4v) is 2.85. The smallest absolute Gasteiger partial charge is 0.272 e. The summed E-state index contributed by atoms with van der Waals surface area (Å²) in [6, 6.07) is 1.61. The molecule has 0 saturated heterocycles. The lowest BCUT2D eigenvalue weighted by atomic mass is 10.1. The molecule has 1 aliphatic heterocycles. The molecule has 0 aromatic carbocycles. The van der Waals surface area contributed by atoms with E-state index in [-0.39, 0.29) is 18.3 Å². The second-order valence-electron chi connectivity index (χ2n) is 5.12. The van der Waals surface area contributed by atoms with Crippen LogP contribution in [0.25, 0.3) is 0 Å². The zero-order valence-electron chi connectivity index (χ0n) is 12.7. The standard InChI is InChI=1S/C14H16Cl2N6O.ClH/c15-8-5-10(16)13(20-6-8)18-3-4-19-14(23)12-9-7-17-2-1-11(9)21-22-12;/h5-6,17H,1-4,7H2,(H,18,20)(H,19,23)(H,21,22);1H. The highest BCUT2D eigenvalue weighted by molar-refractivity contribution is 6.35. The van der Waals surface area contributed by atoms with Gasteiger partial charge in [0.1, 0.15) is 5.82 Å². The molecule has 0 aliphatic carbocycles. The summed E-state index contributed by atoms with van der Waals surface area (Å²) < 4.78 is 0. The van der Waals surface area contributed by atoms with Gasteiger partial charge < -0.3 is 16.0 Å². The van der Waals surface area contributed by atoms with Crippen molar-refractivity contribution in [1.82, 2.24) is 25.8 Å². The molecule has 3 heterocycles. The summed E-state index contributed by atoms with van der Waals surface area (Å²) in [5.74, 6) is 0.342. The van der Waals surface area contributed by atoms with Gasteiger partial charge in [-0.3, -0.25) is 9.89 Å². The predicted molar refractivity (Wildman–Crippen MR) is 96.3 cm³/mol. The van der Waals surface area contributed by atoms with Gasteiger partial charge in [0.05, 0.1) is 10.0 Å². The van der Waals surface area contributed by atoms with Crippen molar-refractivity contribution < 1.29 is 4.79 Å². The fraction of sp³-hybridized carbons (Fsp3) is 0.357. The van der Waals surface area contributed by atoms with Crippen molar-refractivity contribution in [3.8, 4) is 0 Å². The summed E-state index contributed by atoms with van der Waals surface area (Å²) in [5.41, 5.74) is 2.43. The topological polar surface area (TPSA) is 94.7 Å². The Hall–Kier alpha value is -1.54. The Balaban J connectivity index is 0.00000208. The van der Waals surface area contributed by atoms with Crippen molar-refractivity contribution in [1.29, 1.82) is 0 Å². The van der Waals surface area contributed by atoms with Crippen LogP contribution >= 0.6 is 35.6 Å². The SMILES string of the molecule is Cl.O=C(NCCNc1ncc(Cl)cc1Cl)c1n[nH]c2c1CNCC2. The number of nitrogens with zero attached hydrogens (tertiary/aromatic N) is 2. The fourth-order valence-electron chi connectivity index (χ4n) is 2.40. The lowest BCUT2D eigenvalue weighted by Gasteiger charge is -2.13. The number of amides is 1. The Morgan fingerprint density at radius 1 is 1.33 bits per heavy atom. The van der Waals surface area contributed by atoms with Gasteiger partial charge in [0, 0.05) is 50.1 Å². The normalized spacial score (nSPS) is 12.9. The summed E-state index contributed by atoms with van der Waals surface area (Å²) in [5, 5.41) is 17.1. The van der Waals surface area contributed by atoms with Crippen molar-refractivity contribution in [3.05, 3.63) is 39.3 Å². The molecule has 2 aromatic rings. The zero-order chi connectivity index (χ0) is 16.2. The molecule has 0 radical (unpaired) electrons. The van der Waals surface area contributed by atoms with E-state index in [1.807, 2.05) is 0 Å². The maximum atomic E-state index is 12.2. The minimum absolute atomic E-state index is 0. The highest BCUT2D eigenvalue weighted by atomic mass is 35.5. The van der Waals surface area contributed by atoms with Crippen LogP contribution in [-0.2, 0) is 13.0 Å². The minimum atomic E-state index is -0.192. The molecule has 4 N–H and O–H groups in total. The highest BCUT2D eigenvalue weighted by Gasteiger charge is 2.21. The van der Waals surface area contributed by atoms with Gasteiger partial charge in [-0.05, 0) is 6.07 Å². The van der Waals surface area contributed by atoms with Crippen molar-refractivity contribution in [2.75, 3.05) is 25.0 Å². The van der Waals surface area contributed by atoms with Crippen LogP contribution in [0.15, 0.2) is 12.3 Å². The van der Waals surface area contributed by atoms with Crippen LogP contribution in [0.5, 0.6) is 0 Å². The Kier molecular flexibility index (Phi) is 6.68. The number of carbonyl (C=O) groups is 1. The van der Waals surface area contributed by atoms with E-state index in [0.29, 0.717) is 41.2 Å². The molecule has 3 rings (SSSR count). The number of nitrogens with one attached hydrogen (secondary N) is 4. The van der Waals surface area contributed by atoms with Crippen molar-refractivity contribution in [3.63, 3.8) is 0 Å². The number of aromatic amines is 1. The van der Waals surface area contributed by atoms with Gasteiger partial charge >= 0.3 is 0 Å². The first-order chi connectivity index (χ1) is 11.1. The molecule has 130 valence electrons. The maximum Gasteiger partial charge on any atom is 0.272 e. The molecule has 0 unspecified atom stereocenters. The first-order valence-corrected chi connectivity index (χ1v) is 8.00. The molecule has 24 heavy (non-hydrogen) atoms. The monoisotopic (exact) mass is 390 g/mol. The van der Waals surface area contributed by atoms with E-state index in [1.165, 1.54) is 6.20 Å². The lowest BCUT2D eigenvalue weighted by molar-refractivity contribution is 0.0949. The average Bonchev–Trinajstić information content (AvgIpc) is 2.97. The van der Waals surface area contributed by atoms with Crippen molar-refractivity contribution in [2.45, 2.75) is 13.0 Å². The molecule has 0 saturated carbocycles. The van der Waals surface area contributed by atoms with Gasteiger partial charge in [-0.1, -0.05) is 23.2 Å². The van der Waals surface area contributed by atoms with Crippen LogP contribution < -0.4 is 16.0 Å². The maximum absolute atomic E-state index is 12.2. The zero-order valence-corrected chi connectivity index (χ0v) is 15.0. The van der Waals surface area contributed by atoms with Crippen LogP contribution in [0.4, 0.5) is 5.82 Å². The quantitative estimate of drug-likeness (QED) is 0.585. The molecule has 7 nitrogen and oxygen atoms in total. The summed E-state index contributed by atoms with van der Waals surface area (Å²) in [4.78, 5) is 16.3. The Morgan fingerprint density at radius 3 is 2.96 bits per heavy atom. The van der Waals surface area contributed by atoms with Crippen LogP contribution in [0.3, 0.4) is 0 Å². The van der Waals surface area contributed by atoms with E-state index in [4.69, 9.17) is 23.2 Å². The molecular weight excluding hydrogens is 375 g/mol. The molecule has 1 aliphatic rings. The number of halogens is 3. The number of rotatable bonds is 5. The first kappa shape index (κ1) is 18.8. The highest BCUT2D eigenvalue weighted by Crippen LogP contribution is 2.22. The lowest BCUT2D eigenvalue weighted by Crippen LogP contribution is -2.31. The Bertz CT molecular complexity index is 721. The second kappa shape index (κ2) is 8.53. The van der Waals surface area contributed by atoms with Gasteiger partial charge in [0.25, 0.3) is 5.91 Å². The molecule has 0 fully saturated rings. The minimum Gasteiger partial charge on any atom is -0.367 e. The van der Waals surface area contributed by atoms with Crippen molar-refractivity contribution >= 4 is 47.3 Å². The molecule has 0 spiro atoms. The van der Waals surface area contributed by atoms with Crippen LogP contribution in [0.1, 0.15) is 21.7 Å². The number of H-pyrrole nitrogens is 1. The number of carbonyl (C=O) groups excluding carboxylic acids is 1. The molecule has 0 atom stereocenters. The summed E-state index contributed by atoms with van der Waals surface area (Å²) in [7, 11) is 0.